The summed E-state index contributed by atoms with van der Waals surface area (Å²) in [7, 11) is 1.63. The van der Waals surface area contributed by atoms with Crippen LogP contribution in [0.4, 0.5) is 0 Å². The zero-order valence-corrected chi connectivity index (χ0v) is 12.4. The molecule has 8 nitrogen and oxygen atoms in total. The van der Waals surface area contributed by atoms with Gasteiger partial charge in [-0.3, -0.25) is 5.01 Å². The van der Waals surface area contributed by atoms with Gasteiger partial charge in [0.15, 0.2) is 5.69 Å². The second kappa shape index (κ2) is 6.32. The van der Waals surface area contributed by atoms with Crippen molar-refractivity contribution in [2.24, 2.45) is 0 Å². The van der Waals surface area contributed by atoms with Crippen molar-refractivity contribution in [2.75, 3.05) is 7.11 Å². The van der Waals surface area contributed by atoms with Crippen molar-refractivity contribution in [2.45, 2.75) is 6.54 Å². The Morgan fingerprint density at radius 1 is 1.22 bits per heavy atom. The van der Waals surface area contributed by atoms with Gasteiger partial charge in [-0.15, -0.1) is 15.7 Å². The van der Waals surface area contributed by atoms with Gasteiger partial charge in [-0.05, 0) is 29.8 Å². The molecule has 0 atom stereocenters. The fraction of sp³-hybridized carbons (Fsp3) is 0.133. The highest BCUT2D eigenvalue weighted by molar-refractivity contribution is 5.85. The standard InChI is InChI=1S/C15H15N5O3/c1-23-11-4-2-10(3-5-11)8-20-9-14(18-19-20)12-6-7-13(15(21)22)17-16-12/h2-7,9,18-19H,8H2,1H3,(H,21,22). The normalized spacial score (nSPS) is 13.4. The SMILES string of the molecule is COc1ccc(CN2C=C(c3ccc(C(=O)O)nn3)NN2)cc1. The smallest absolute Gasteiger partial charge is 0.356 e. The van der Waals surface area contributed by atoms with Crippen LogP contribution >= 0.6 is 0 Å². The van der Waals surface area contributed by atoms with Gasteiger partial charge in [0.25, 0.3) is 0 Å². The first-order valence-electron chi connectivity index (χ1n) is 6.86. The minimum absolute atomic E-state index is 0.0876. The zero-order valence-electron chi connectivity index (χ0n) is 12.4. The van der Waals surface area contributed by atoms with Crippen molar-refractivity contribution < 1.29 is 14.6 Å². The largest absolute Gasteiger partial charge is 0.497 e. The first-order chi connectivity index (χ1) is 11.2. The highest BCUT2D eigenvalue weighted by Gasteiger charge is 2.15. The summed E-state index contributed by atoms with van der Waals surface area (Å²) in [5.41, 5.74) is 8.25. The third-order valence-electron chi connectivity index (χ3n) is 3.29. The number of carboxylic acids is 1. The highest BCUT2D eigenvalue weighted by atomic mass is 16.5. The monoisotopic (exact) mass is 313 g/mol. The van der Waals surface area contributed by atoms with Crippen LogP contribution in [0.15, 0.2) is 42.6 Å². The summed E-state index contributed by atoms with van der Waals surface area (Å²) >= 11 is 0. The molecular formula is C15H15N5O3. The fourth-order valence-electron chi connectivity index (χ4n) is 2.09. The summed E-state index contributed by atoms with van der Waals surface area (Å²) in [6.45, 7) is 0.640. The van der Waals surface area contributed by atoms with Gasteiger partial charge in [0.1, 0.15) is 11.4 Å². The Balaban J connectivity index is 1.68. The summed E-state index contributed by atoms with van der Waals surface area (Å²) < 4.78 is 5.13. The van der Waals surface area contributed by atoms with E-state index in [2.05, 4.69) is 21.2 Å². The van der Waals surface area contributed by atoms with Crippen LogP contribution in [0.1, 0.15) is 21.7 Å². The number of hydrogen-bond acceptors (Lipinski definition) is 7. The summed E-state index contributed by atoms with van der Waals surface area (Å²) in [5, 5.41) is 18.2. The third kappa shape index (κ3) is 3.38. The number of hydrazine groups is 2. The molecule has 0 spiro atoms. The van der Waals surface area contributed by atoms with Crippen molar-refractivity contribution in [1.29, 1.82) is 0 Å². The number of nitrogens with zero attached hydrogens (tertiary/aromatic N) is 3. The zero-order chi connectivity index (χ0) is 16.2. The van der Waals surface area contributed by atoms with Crippen LogP contribution in [-0.2, 0) is 6.54 Å². The number of hydrogen-bond donors (Lipinski definition) is 3. The summed E-state index contributed by atoms with van der Waals surface area (Å²) in [5.74, 6) is -0.289. The fourth-order valence-corrected chi connectivity index (χ4v) is 2.09. The molecule has 3 rings (SSSR count). The first-order valence-corrected chi connectivity index (χ1v) is 6.86. The van der Waals surface area contributed by atoms with E-state index < -0.39 is 5.97 Å². The third-order valence-corrected chi connectivity index (χ3v) is 3.29. The number of benzene rings is 1. The molecule has 0 saturated heterocycles. The Morgan fingerprint density at radius 2 is 2.00 bits per heavy atom. The van der Waals surface area contributed by atoms with Crippen molar-refractivity contribution in [3.05, 3.63) is 59.5 Å². The lowest BCUT2D eigenvalue weighted by Crippen LogP contribution is -2.35. The predicted octanol–water partition coefficient (Wildman–Crippen LogP) is 1.01. The van der Waals surface area contributed by atoms with Gasteiger partial charge in [-0.2, -0.15) is 0 Å². The number of carboxylic acid groups (broad SMARTS) is 1. The van der Waals surface area contributed by atoms with Gasteiger partial charge >= 0.3 is 5.97 Å². The molecule has 2 heterocycles. The van der Waals surface area contributed by atoms with Crippen LogP contribution < -0.4 is 15.7 Å². The Hall–Kier alpha value is -3.13. The van der Waals surface area contributed by atoms with Crippen LogP contribution in [0.2, 0.25) is 0 Å². The first kappa shape index (κ1) is 14.8. The number of aromatic nitrogens is 2. The second-order valence-electron chi connectivity index (χ2n) is 4.86. The molecule has 2 aromatic rings. The molecular weight excluding hydrogens is 298 g/mol. The van der Waals surface area contributed by atoms with Gasteiger partial charge in [0.05, 0.1) is 19.4 Å². The van der Waals surface area contributed by atoms with E-state index in [-0.39, 0.29) is 5.69 Å². The van der Waals surface area contributed by atoms with E-state index in [1.54, 1.807) is 13.2 Å². The summed E-state index contributed by atoms with van der Waals surface area (Å²) in [4.78, 5) is 10.8. The molecule has 0 saturated carbocycles. The summed E-state index contributed by atoms with van der Waals surface area (Å²) in [6.07, 6.45) is 1.84. The molecule has 0 unspecified atom stereocenters. The van der Waals surface area contributed by atoms with E-state index in [9.17, 15) is 4.79 Å². The number of methoxy groups -OCH3 is 1. The van der Waals surface area contributed by atoms with Crippen molar-refractivity contribution in [1.82, 2.24) is 26.2 Å². The minimum atomic E-state index is -1.10. The molecule has 118 valence electrons. The average molecular weight is 313 g/mol. The Labute approximate surface area is 132 Å². The number of aromatic carboxylic acids is 1. The molecule has 1 aliphatic rings. The van der Waals surface area contributed by atoms with Crippen molar-refractivity contribution in [3.63, 3.8) is 0 Å². The predicted molar refractivity (Wildman–Crippen MR) is 81.8 cm³/mol. The second-order valence-corrected chi connectivity index (χ2v) is 4.86. The number of nitrogens with one attached hydrogen (secondary N) is 2. The Kier molecular flexibility index (Phi) is 4.07. The maximum Gasteiger partial charge on any atom is 0.356 e. The number of rotatable bonds is 5. The maximum atomic E-state index is 10.8. The van der Waals surface area contributed by atoms with Gasteiger partial charge < -0.3 is 15.3 Å². The van der Waals surface area contributed by atoms with Gasteiger partial charge in [0, 0.05) is 6.20 Å². The van der Waals surface area contributed by atoms with Crippen LogP contribution in [-0.4, -0.2) is 33.4 Å². The quantitative estimate of drug-likeness (QED) is 0.752. The lowest BCUT2D eigenvalue weighted by atomic mass is 10.2. The lowest BCUT2D eigenvalue weighted by molar-refractivity contribution is 0.0689. The highest BCUT2D eigenvalue weighted by Crippen LogP contribution is 2.16. The molecule has 23 heavy (non-hydrogen) atoms. The van der Waals surface area contributed by atoms with Crippen molar-refractivity contribution >= 4 is 11.7 Å². The van der Waals surface area contributed by atoms with Gasteiger partial charge in [0.2, 0.25) is 0 Å². The molecule has 1 aliphatic heterocycles. The molecule has 8 heteroatoms. The van der Waals surface area contributed by atoms with E-state index in [4.69, 9.17) is 9.84 Å². The van der Waals surface area contributed by atoms with E-state index in [1.165, 1.54) is 6.07 Å². The lowest BCUT2D eigenvalue weighted by Gasteiger charge is -2.15. The molecule has 0 bridgehead atoms. The van der Waals surface area contributed by atoms with E-state index in [1.807, 2.05) is 35.5 Å². The molecule has 1 aromatic heterocycles. The molecule has 0 amide bonds. The Bertz CT molecular complexity index is 728. The number of ether oxygens (including phenoxy) is 1. The summed E-state index contributed by atoms with van der Waals surface area (Å²) in [6, 6.07) is 10.8. The average Bonchev–Trinajstić information content (AvgIpc) is 3.04. The molecule has 1 aromatic carbocycles. The van der Waals surface area contributed by atoms with E-state index in [0.717, 1.165) is 11.3 Å². The van der Waals surface area contributed by atoms with Crippen molar-refractivity contribution in [3.8, 4) is 5.75 Å². The molecule has 0 aliphatic carbocycles. The van der Waals surface area contributed by atoms with Gasteiger partial charge in [-0.1, -0.05) is 12.1 Å². The minimum Gasteiger partial charge on any atom is -0.497 e. The van der Waals surface area contributed by atoms with Gasteiger partial charge in [-0.25, -0.2) is 4.79 Å². The van der Waals surface area contributed by atoms with Crippen LogP contribution in [0.3, 0.4) is 0 Å². The van der Waals surface area contributed by atoms with Crippen LogP contribution in [0.5, 0.6) is 5.75 Å². The van der Waals surface area contributed by atoms with Crippen LogP contribution in [0.25, 0.3) is 5.70 Å². The topological polar surface area (TPSA) is 99.6 Å². The molecule has 3 N–H and O–H groups in total. The molecule has 0 radical (unpaired) electrons. The number of carbonyl (C=O) groups is 1. The Morgan fingerprint density at radius 3 is 2.61 bits per heavy atom. The van der Waals surface area contributed by atoms with E-state index >= 15 is 0 Å². The van der Waals surface area contributed by atoms with E-state index in [0.29, 0.717) is 17.9 Å². The van der Waals surface area contributed by atoms with Crippen LogP contribution in [0, 0.1) is 0 Å². The molecule has 0 fully saturated rings. The maximum absolute atomic E-state index is 10.8.